The van der Waals surface area contributed by atoms with Crippen LogP contribution in [0.2, 0.25) is 0 Å². The van der Waals surface area contributed by atoms with Gasteiger partial charge in [0.15, 0.2) is 0 Å². The molecule has 2 aliphatic heterocycles. The number of hydrogen-bond donors (Lipinski definition) is 2. The molecular weight excluding hydrogens is 288 g/mol. The van der Waals surface area contributed by atoms with Crippen LogP contribution in [-0.4, -0.2) is 35.8 Å². The molecule has 0 saturated carbocycles. The Bertz CT molecular complexity index is 475. The number of thioether (sulfide) groups is 2. The summed E-state index contributed by atoms with van der Waals surface area (Å²) in [6, 6.07) is 8.94. The predicted octanol–water partition coefficient (Wildman–Crippen LogP) is 2.43. The molecule has 20 heavy (non-hydrogen) atoms. The quantitative estimate of drug-likeness (QED) is 0.900. The number of benzene rings is 1. The Morgan fingerprint density at radius 2 is 2.25 bits per heavy atom. The molecule has 1 saturated heterocycles. The maximum Gasteiger partial charge on any atom is 0.222 e. The lowest BCUT2D eigenvalue weighted by Gasteiger charge is -2.27. The molecule has 2 aliphatic rings. The molecule has 1 fully saturated rings. The number of carbonyl (C=O) groups is 1. The van der Waals surface area contributed by atoms with Gasteiger partial charge in [-0.05, 0) is 18.1 Å². The Balaban J connectivity index is 1.59. The van der Waals surface area contributed by atoms with Crippen molar-refractivity contribution in [3.05, 3.63) is 29.8 Å². The molecule has 2 heterocycles. The molecule has 3 nitrogen and oxygen atoms in total. The van der Waals surface area contributed by atoms with Crippen LogP contribution in [0.5, 0.6) is 0 Å². The summed E-state index contributed by atoms with van der Waals surface area (Å²) in [6.07, 6.45) is 1.62. The van der Waals surface area contributed by atoms with Gasteiger partial charge >= 0.3 is 0 Å². The van der Waals surface area contributed by atoms with E-state index < -0.39 is 0 Å². The van der Waals surface area contributed by atoms with Crippen molar-refractivity contribution in [3.63, 3.8) is 0 Å². The van der Waals surface area contributed by atoms with E-state index in [4.69, 9.17) is 0 Å². The summed E-state index contributed by atoms with van der Waals surface area (Å²) in [7, 11) is 0. The first-order valence-electron chi connectivity index (χ1n) is 7.15. The molecule has 0 aliphatic carbocycles. The highest BCUT2D eigenvalue weighted by molar-refractivity contribution is 7.99. The van der Waals surface area contributed by atoms with Gasteiger partial charge < -0.3 is 10.6 Å². The number of fused-ring (bicyclic) bond motifs is 1. The summed E-state index contributed by atoms with van der Waals surface area (Å²) in [5.41, 5.74) is 1.28. The first-order chi connectivity index (χ1) is 9.83. The van der Waals surface area contributed by atoms with Crippen molar-refractivity contribution in [2.75, 3.05) is 23.8 Å². The molecule has 2 N–H and O–H groups in total. The SMILES string of the molecule is O=C(CC1CSCCN1)NC1CCSc2ccccc21. The summed E-state index contributed by atoms with van der Waals surface area (Å²) >= 11 is 3.82. The zero-order chi connectivity index (χ0) is 13.8. The number of nitrogens with one attached hydrogen (secondary N) is 2. The second-order valence-electron chi connectivity index (χ2n) is 5.23. The molecule has 0 spiro atoms. The number of hydrogen-bond acceptors (Lipinski definition) is 4. The third-order valence-electron chi connectivity index (χ3n) is 3.72. The van der Waals surface area contributed by atoms with Crippen molar-refractivity contribution in [1.29, 1.82) is 0 Å². The van der Waals surface area contributed by atoms with E-state index in [0.29, 0.717) is 12.5 Å². The van der Waals surface area contributed by atoms with E-state index in [0.717, 1.165) is 30.2 Å². The topological polar surface area (TPSA) is 41.1 Å². The first-order valence-corrected chi connectivity index (χ1v) is 9.29. The smallest absolute Gasteiger partial charge is 0.222 e. The lowest BCUT2D eigenvalue weighted by Crippen LogP contribution is -2.42. The van der Waals surface area contributed by atoms with Gasteiger partial charge in [0, 0.05) is 41.2 Å². The largest absolute Gasteiger partial charge is 0.349 e. The van der Waals surface area contributed by atoms with Crippen LogP contribution in [0.3, 0.4) is 0 Å². The molecule has 3 rings (SSSR count). The molecule has 2 unspecified atom stereocenters. The molecule has 1 amide bonds. The first kappa shape index (κ1) is 14.3. The Labute approximate surface area is 128 Å². The summed E-state index contributed by atoms with van der Waals surface area (Å²) in [4.78, 5) is 13.5. The van der Waals surface area contributed by atoms with E-state index in [-0.39, 0.29) is 11.9 Å². The fourth-order valence-electron chi connectivity index (χ4n) is 2.72. The molecule has 0 aromatic heterocycles. The minimum atomic E-state index is 0.178. The highest BCUT2D eigenvalue weighted by Gasteiger charge is 2.23. The molecule has 0 radical (unpaired) electrons. The van der Waals surface area contributed by atoms with Crippen molar-refractivity contribution in [1.82, 2.24) is 10.6 Å². The second kappa shape index (κ2) is 6.87. The van der Waals surface area contributed by atoms with E-state index in [1.165, 1.54) is 10.5 Å². The van der Waals surface area contributed by atoms with Crippen LogP contribution in [0, 0.1) is 0 Å². The Kier molecular flexibility index (Phi) is 4.91. The fraction of sp³-hybridized carbons (Fsp3) is 0.533. The summed E-state index contributed by atoms with van der Waals surface area (Å²) in [6.45, 7) is 1.02. The van der Waals surface area contributed by atoms with Crippen molar-refractivity contribution in [3.8, 4) is 0 Å². The zero-order valence-electron chi connectivity index (χ0n) is 11.4. The van der Waals surface area contributed by atoms with Crippen LogP contribution in [0.25, 0.3) is 0 Å². The third kappa shape index (κ3) is 3.51. The summed E-state index contributed by atoms with van der Waals surface area (Å²) in [5.74, 6) is 3.46. The standard InChI is InChI=1S/C15H20N2OS2/c18-15(9-11-10-19-8-6-16-11)17-13-5-7-20-14-4-2-1-3-12(13)14/h1-4,11,13,16H,5-10H2,(H,17,18). The fourth-order valence-corrected chi connectivity index (χ4v) is 4.79. The second-order valence-corrected chi connectivity index (χ2v) is 7.51. The Morgan fingerprint density at radius 3 is 3.10 bits per heavy atom. The average Bonchev–Trinajstić information content (AvgIpc) is 2.48. The molecule has 108 valence electrons. The predicted molar refractivity (Wildman–Crippen MR) is 86.4 cm³/mol. The van der Waals surface area contributed by atoms with Crippen molar-refractivity contribution >= 4 is 29.4 Å². The molecule has 1 aromatic rings. The molecule has 0 bridgehead atoms. The van der Waals surface area contributed by atoms with Gasteiger partial charge in [0.2, 0.25) is 5.91 Å². The van der Waals surface area contributed by atoms with Gasteiger partial charge in [-0.15, -0.1) is 11.8 Å². The van der Waals surface area contributed by atoms with Crippen molar-refractivity contribution in [2.45, 2.75) is 29.8 Å². The van der Waals surface area contributed by atoms with Gasteiger partial charge in [-0.2, -0.15) is 11.8 Å². The Morgan fingerprint density at radius 1 is 1.35 bits per heavy atom. The van der Waals surface area contributed by atoms with Crippen LogP contribution in [0.4, 0.5) is 0 Å². The molecule has 5 heteroatoms. The number of rotatable bonds is 3. The van der Waals surface area contributed by atoms with Crippen molar-refractivity contribution in [2.24, 2.45) is 0 Å². The van der Waals surface area contributed by atoms with E-state index in [9.17, 15) is 4.79 Å². The summed E-state index contributed by atoms with van der Waals surface area (Å²) < 4.78 is 0. The zero-order valence-corrected chi connectivity index (χ0v) is 13.1. The average molecular weight is 308 g/mol. The third-order valence-corrected chi connectivity index (χ3v) is 5.98. The van der Waals surface area contributed by atoms with Gasteiger partial charge in [-0.25, -0.2) is 0 Å². The molecular formula is C15H20N2OS2. The highest BCUT2D eigenvalue weighted by Crippen LogP contribution is 2.35. The Hall–Kier alpha value is -0.650. The lowest BCUT2D eigenvalue weighted by molar-refractivity contribution is -0.122. The minimum Gasteiger partial charge on any atom is -0.349 e. The highest BCUT2D eigenvalue weighted by atomic mass is 32.2. The normalized spacial score (nSPS) is 25.8. The maximum atomic E-state index is 12.2. The van der Waals surface area contributed by atoms with Gasteiger partial charge in [-0.3, -0.25) is 4.79 Å². The number of amides is 1. The van der Waals surface area contributed by atoms with Crippen molar-refractivity contribution < 1.29 is 4.79 Å². The van der Waals surface area contributed by atoms with E-state index >= 15 is 0 Å². The van der Waals surface area contributed by atoms with Gasteiger partial charge in [0.1, 0.15) is 0 Å². The molecule has 2 atom stereocenters. The van der Waals surface area contributed by atoms with Crippen LogP contribution in [0.1, 0.15) is 24.4 Å². The van der Waals surface area contributed by atoms with Gasteiger partial charge in [0.25, 0.3) is 0 Å². The van der Waals surface area contributed by atoms with Crippen LogP contribution >= 0.6 is 23.5 Å². The lowest BCUT2D eigenvalue weighted by atomic mass is 10.0. The van der Waals surface area contributed by atoms with Gasteiger partial charge in [0.05, 0.1) is 6.04 Å². The van der Waals surface area contributed by atoms with E-state index in [2.05, 4.69) is 34.9 Å². The van der Waals surface area contributed by atoms with E-state index in [1.54, 1.807) is 0 Å². The van der Waals surface area contributed by atoms with E-state index in [1.807, 2.05) is 23.5 Å². The number of carbonyl (C=O) groups excluding carboxylic acids is 1. The monoisotopic (exact) mass is 308 g/mol. The van der Waals surface area contributed by atoms with Crippen LogP contribution in [-0.2, 0) is 4.79 Å². The molecule has 1 aromatic carbocycles. The van der Waals surface area contributed by atoms with Crippen LogP contribution in [0.15, 0.2) is 29.2 Å². The maximum absolute atomic E-state index is 12.2. The van der Waals surface area contributed by atoms with Gasteiger partial charge in [-0.1, -0.05) is 18.2 Å². The summed E-state index contributed by atoms with van der Waals surface area (Å²) in [5, 5.41) is 6.64. The minimum absolute atomic E-state index is 0.178. The van der Waals surface area contributed by atoms with Crippen LogP contribution < -0.4 is 10.6 Å².